The molecule has 0 bridgehead atoms. The monoisotopic (exact) mass is 302 g/mol. The molecular weight excluding hydrogens is 280 g/mol. The van der Waals surface area contributed by atoms with Crippen LogP contribution in [-0.4, -0.2) is 0 Å². The van der Waals surface area contributed by atoms with Gasteiger partial charge in [0.05, 0.1) is 11.7 Å². The molecule has 0 saturated heterocycles. The molecule has 0 heterocycles. The van der Waals surface area contributed by atoms with E-state index >= 15 is 0 Å². The first-order chi connectivity index (χ1) is 11.2. The summed E-state index contributed by atoms with van der Waals surface area (Å²) in [5.41, 5.74) is 6.41. The summed E-state index contributed by atoms with van der Waals surface area (Å²) in [5, 5.41) is 9.11. The van der Waals surface area contributed by atoms with E-state index in [1.54, 1.807) is 0 Å². The Morgan fingerprint density at radius 1 is 0.913 bits per heavy atom. The van der Waals surface area contributed by atoms with Crippen molar-refractivity contribution in [3.63, 3.8) is 0 Å². The lowest BCUT2D eigenvalue weighted by Crippen LogP contribution is -1.97. The molecule has 2 aromatic rings. The van der Waals surface area contributed by atoms with Crippen molar-refractivity contribution >= 4 is 5.69 Å². The Labute approximate surface area is 138 Å². The summed E-state index contributed by atoms with van der Waals surface area (Å²) in [4.78, 5) is 0. The first kappa shape index (κ1) is 15.4. The minimum Gasteiger partial charge on any atom is -0.180 e. The molecule has 1 aliphatic carbocycles. The summed E-state index contributed by atoms with van der Waals surface area (Å²) >= 11 is 0. The number of rotatable bonds is 5. The fraction of sp³-hybridized carbons (Fsp3) is 0.238. The van der Waals surface area contributed by atoms with Crippen molar-refractivity contribution in [2.45, 2.75) is 32.7 Å². The molecule has 0 N–H and O–H groups in total. The molecule has 0 fully saturated rings. The third-order valence-electron chi connectivity index (χ3n) is 4.47. The van der Waals surface area contributed by atoms with E-state index in [0.717, 1.165) is 18.5 Å². The summed E-state index contributed by atoms with van der Waals surface area (Å²) in [6.07, 6.45) is 4.28. The number of nitrogens with zero attached hydrogens (tertiary/aromatic N) is 2. The predicted octanol–water partition coefficient (Wildman–Crippen LogP) is 6.57. The van der Waals surface area contributed by atoms with Gasteiger partial charge in [-0.05, 0) is 50.0 Å². The average Bonchev–Trinajstić information content (AvgIpc) is 2.92. The standard InChI is InChI=1S/C21H22N2/c1-16-13-14-19(17(16)2)15-21(18-9-5-3-6-10-18)23-22-20-11-7-4-8-12-20/h3-13,21H,14-15H2,1-2H3. The Balaban J connectivity index is 1.85. The molecule has 0 spiro atoms. The first-order valence-electron chi connectivity index (χ1n) is 8.10. The van der Waals surface area contributed by atoms with Gasteiger partial charge in [-0.2, -0.15) is 10.2 Å². The smallest absolute Gasteiger partial charge is 0.0999 e. The Morgan fingerprint density at radius 2 is 1.57 bits per heavy atom. The van der Waals surface area contributed by atoms with E-state index < -0.39 is 0 Å². The van der Waals surface area contributed by atoms with Crippen LogP contribution < -0.4 is 0 Å². The summed E-state index contributed by atoms with van der Waals surface area (Å²) in [5.74, 6) is 0. The van der Waals surface area contributed by atoms with Gasteiger partial charge in [0.15, 0.2) is 0 Å². The zero-order valence-corrected chi connectivity index (χ0v) is 13.7. The van der Waals surface area contributed by atoms with Crippen molar-refractivity contribution in [3.8, 4) is 0 Å². The fourth-order valence-corrected chi connectivity index (χ4v) is 2.86. The van der Waals surface area contributed by atoms with Gasteiger partial charge < -0.3 is 0 Å². The lowest BCUT2D eigenvalue weighted by atomic mass is 9.96. The van der Waals surface area contributed by atoms with Crippen molar-refractivity contribution in [1.82, 2.24) is 0 Å². The first-order valence-corrected chi connectivity index (χ1v) is 8.10. The molecule has 1 unspecified atom stereocenters. The van der Waals surface area contributed by atoms with Gasteiger partial charge in [0.1, 0.15) is 0 Å². The number of azo groups is 1. The third kappa shape index (κ3) is 3.84. The van der Waals surface area contributed by atoms with E-state index in [0.29, 0.717) is 0 Å². The maximum atomic E-state index is 4.65. The van der Waals surface area contributed by atoms with Crippen LogP contribution in [0.1, 0.15) is 38.3 Å². The lowest BCUT2D eigenvalue weighted by Gasteiger charge is -2.14. The van der Waals surface area contributed by atoms with Gasteiger partial charge in [-0.25, -0.2) is 0 Å². The molecule has 2 nitrogen and oxygen atoms in total. The SMILES string of the molecule is CC1=CCC(CC(N=Nc2ccccc2)c2ccccc2)=C1C. The van der Waals surface area contributed by atoms with Crippen LogP contribution in [0.2, 0.25) is 0 Å². The van der Waals surface area contributed by atoms with Crippen LogP contribution in [-0.2, 0) is 0 Å². The second-order valence-electron chi connectivity index (χ2n) is 6.00. The Bertz CT molecular complexity index is 740. The maximum Gasteiger partial charge on any atom is 0.0999 e. The number of benzene rings is 2. The van der Waals surface area contributed by atoms with Gasteiger partial charge in [-0.3, -0.25) is 0 Å². The Hall–Kier alpha value is -2.48. The van der Waals surface area contributed by atoms with Crippen molar-refractivity contribution < 1.29 is 0 Å². The summed E-state index contributed by atoms with van der Waals surface area (Å²) in [6, 6.07) is 20.5. The number of hydrogen-bond acceptors (Lipinski definition) is 2. The highest BCUT2D eigenvalue weighted by Crippen LogP contribution is 2.34. The number of hydrogen-bond donors (Lipinski definition) is 0. The maximum absolute atomic E-state index is 4.65. The average molecular weight is 302 g/mol. The van der Waals surface area contributed by atoms with Crippen LogP contribution in [0, 0.1) is 0 Å². The van der Waals surface area contributed by atoms with Crippen molar-refractivity contribution in [2.75, 3.05) is 0 Å². The van der Waals surface area contributed by atoms with Gasteiger partial charge >= 0.3 is 0 Å². The van der Waals surface area contributed by atoms with Gasteiger partial charge in [0.25, 0.3) is 0 Å². The fourth-order valence-electron chi connectivity index (χ4n) is 2.86. The lowest BCUT2D eigenvalue weighted by molar-refractivity contribution is 0.671. The van der Waals surface area contributed by atoms with E-state index in [2.05, 4.69) is 54.4 Å². The molecule has 0 aromatic heterocycles. The van der Waals surface area contributed by atoms with Gasteiger partial charge in [-0.1, -0.05) is 65.8 Å². The van der Waals surface area contributed by atoms with Crippen molar-refractivity contribution in [2.24, 2.45) is 10.2 Å². The van der Waals surface area contributed by atoms with Crippen LogP contribution in [0.4, 0.5) is 5.69 Å². The molecule has 1 aliphatic rings. The van der Waals surface area contributed by atoms with Crippen molar-refractivity contribution in [3.05, 3.63) is 89.0 Å². The minimum atomic E-state index is 0.0701. The third-order valence-corrected chi connectivity index (χ3v) is 4.47. The summed E-state index contributed by atoms with van der Waals surface area (Å²) < 4.78 is 0. The van der Waals surface area contributed by atoms with Crippen molar-refractivity contribution in [1.29, 1.82) is 0 Å². The summed E-state index contributed by atoms with van der Waals surface area (Å²) in [7, 11) is 0. The quantitative estimate of drug-likeness (QED) is 0.558. The molecular formula is C21H22N2. The molecule has 0 amide bonds. The summed E-state index contributed by atoms with van der Waals surface area (Å²) in [6.45, 7) is 4.40. The van der Waals surface area contributed by atoms with Gasteiger partial charge in [-0.15, -0.1) is 0 Å². The number of allylic oxidation sites excluding steroid dienone is 3. The topological polar surface area (TPSA) is 24.7 Å². The Morgan fingerprint density at radius 3 is 2.17 bits per heavy atom. The highest BCUT2D eigenvalue weighted by molar-refractivity contribution is 5.41. The van der Waals surface area contributed by atoms with Crippen LogP contribution in [0.15, 0.2) is 93.7 Å². The zero-order valence-electron chi connectivity index (χ0n) is 13.7. The second-order valence-corrected chi connectivity index (χ2v) is 6.00. The largest absolute Gasteiger partial charge is 0.180 e. The molecule has 0 aliphatic heterocycles. The van der Waals surface area contributed by atoms with E-state index in [1.165, 1.54) is 22.3 Å². The predicted molar refractivity (Wildman–Crippen MR) is 95.8 cm³/mol. The molecule has 23 heavy (non-hydrogen) atoms. The molecule has 0 radical (unpaired) electrons. The molecule has 3 rings (SSSR count). The normalized spacial score (nSPS) is 16.0. The van der Waals surface area contributed by atoms with Crippen LogP contribution in [0.5, 0.6) is 0 Å². The second kappa shape index (κ2) is 7.19. The van der Waals surface area contributed by atoms with Gasteiger partial charge in [0, 0.05) is 0 Å². The highest BCUT2D eigenvalue weighted by atomic mass is 15.1. The Kier molecular flexibility index (Phi) is 4.82. The minimum absolute atomic E-state index is 0.0701. The molecule has 2 aromatic carbocycles. The van der Waals surface area contributed by atoms with Crippen LogP contribution in [0.25, 0.3) is 0 Å². The molecule has 2 heteroatoms. The van der Waals surface area contributed by atoms with E-state index in [9.17, 15) is 0 Å². The highest BCUT2D eigenvalue weighted by Gasteiger charge is 2.17. The molecule has 116 valence electrons. The van der Waals surface area contributed by atoms with E-state index in [-0.39, 0.29) is 6.04 Å². The molecule has 0 saturated carbocycles. The zero-order chi connectivity index (χ0) is 16.1. The van der Waals surface area contributed by atoms with E-state index in [4.69, 9.17) is 0 Å². The van der Waals surface area contributed by atoms with Crippen LogP contribution >= 0.6 is 0 Å². The van der Waals surface area contributed by atoms with Crippen LogP contribution in [0.3, 0.4) is 0 Å². The van der Waals surface area contributed by atoms with E-state index in [1.807, 2.05) is 36.4 Å². The molecule has 1 atom stereocenters. The van der Waals surface area contributed by atoms with Gasteiger partial charge in [0.2, 0.25) is 0 Å².